The summed E-state index contributed by atoms with van der Waals surface area (Å²) >= 11 is 6.14. The van der Waals surface area contributed by atoms with Crippen LogP contribution in [0.25, 0.3) is 0 Å². The summed E-state index contributed by atoms with van der Waals surface area (Å²) in [5, 5.41) is 0.465. The van der Waals surface area contributed by atoms with Crippen molar-refractivity contribution in [3.05, 3.63) is 82.3 Å². The smallest absolute Gasteiger partial charge is 0.254 e. The Hall–Kier alpha value is -3.49. The summed E-state index contributed by atoms with van der Waals surface area (Å²) < 4.78 is 22.5. The van der Waals surface area contributed by atoms with Gasteiger partial charge in [0.1, 0.15) is 18.1 Å². The molecule has 2 aromatic carbocycles. The molecular weight excluding hydrogens is 496 g/mol. The molecule has 0 bridgehead atoms. The van der Waals surface area contributed by atoms with Gasteiger partial charge in [-0.1, -0.05) is 23.7 Å². The summed E-state index contributed by atoms with van der Waals surface area (Å²) in [7, 11) is 0. The summed E-state index contributed by atoms with van der Waals surface area (Å²) in [6.07, 6.45) is 1.68. The molecule has 8 nitrogen and oxygen atoms in total. The molecule has 5 rings (SSSR count). The topological polar surface area (TPSA) is 81.5 Å². The molecule has 1 fully saturated rings. The second-order valence-corrected chi connectivity index (χ2v) is 9.72. The van der Waals surface area contributed by atoms with Crippen LogP contribution in [0.5, 0.6) is 11.5 Å². The molecule has 0 saturated carbocycles. The Bertz CT molecular complexity index is 1270. The number of halogens is 1. The Morgan fingerprint density at radius 2 is 1.86 bits per heavy atom. The highest BCUT2D eigenvalue weighted by Crippen LogP contribution is 2.33. The first-order valence-electron chi connectivity index (χ1n) is 12.3. The summed E-state index contributed by atoms with van der Waals surface area (Å²) in [5.74, 6) is 2.29. The first-order chi connectivity index (χ1) is 17.9. The molecule has 194 valence electrons. The lowest BCUT2D eigenvalue weighted by Crippen LogP contribution is -2.45. The fourth-order valence-corrected chi connectivity index (χ4v) is 4.76. The summed E-state index contributed by atoms with van der Waals surface area (Å²) in [6.45, 7) is 3.50. The monoisotopic (exact) mass is 524 g/mol. The second kappa shape index (κ2) is 11.3. The van der Waals surface area contributed by atoms with Gasteiger partial charge >= 0.3 is 0 Å². The van der Waals surface area contributed by atoms with Crippen LogP contribution in [0.1, 0.15) is 40.3 Å². The number of hydrogen-bond acceptors (Lipinski definition) is 6. The fourth-order valence-electron chi connectivity index (χ4n) is 4.57. The van der Waals surface area contributed by atoms with Crippen molar-refractivity contribution < 1.29 is 28.2 Å². The van der Waals surface area contributed by atoms with Crippen molar-refractivity contribution in [2.45, 2.75) is 39.0 Å². The predicted molar refractivity (Wildman–Crippen MR) is 137 cm³/mol. The molecule has 2 aliphatic rings. The minimum Gasteiger partial charge on any atom is -0.464 e. The molecule has 0 spiro atoms. The van der Waals surface area contributed by atoms with Crippen molar-refractivity contribution in [1.29, 1.82) is 0 Å². The SMILES string of the molecule is Cc1ccc(CN(Cc2ccc3c(c2)OCO3)C(=O)CN(CC2CCCO2)C(=O)c2cccc(Cl)c2)o1. The highest BCUT2D eigenvalue weighted by atomic mass is 35.5. The fraction of sp³-hybridized carbons (Fsp3) is 0.357. The molecule has 0 N–H and O–H groups in total. The van der Waals surface area contributed by atoms with Gasteiger partial charge in [-0.15, -0.1) is 0 Å². The third kappa shape index (κ3) is 6.26. The molecule has 2 amide bonds. The van der Waals surface area contributed by atoms with E-state index in [1.54, 1.807) is 34.1 Å². The zero-order chi connectivity index (χ0) is 25.8. The standard InChI is InChI=1S/C28H29ClN2O6/c1-19-7-9-24(37-19)16-30(14-20-8-10-25-26(12-20)36-18-35-25)27(32)17-31(15-23-6-3-11-34-23)28(33)21-4-2-5-22(29)13-21/h2,4-5,7-10,12-13,23H,3,6,11,14-18H2,1H3. The molecule has 0 radical (unpaired) electrons. The van der Waals surface area contributed by atoms with Crippen molar-refractivity contribution in [3.63, 3.8) is 0 Å². The van der Waals surface area contributed by atoms with Crippen LogP contribution in [0.3, 0.4) is 0 Å². The number of fused-ring (bicyclic) bond motifs is 1. The Labute approximate surface area is 220 Å². The number of hydrogen-bond donors (Lipinski definition) is 0. The second-order valence-electron chi connectivity index (χ2n) is 9.28. The van der Waals surface area contributed by atoms with E-state index in [0.717, 1.165) is 24.2 Å². The largest absolute Gasteiger partial charge is 0.464 e. The number of aryl methyl sites for hydroxylation is 1. The van der Waals surface area contributed by atoms with E-state index >= 15 is 0 Å². The van der Waals surface area contributed by atoms with E-state index in [2.05, 4.69) is 0 Å². The maximum Gasteiger partial charge on any atom is 0.254 e. The summed E-state index contributed by atoms with van der Waals surface area (Å²) in [4.78, 5) is 30.5. The van der Waals surface area contributed by atoms with Crippen LogP contribution in [0.4, 0.5) is 0 Å². The van der Waals surface area contributed by atoms with Gasteiger partial charge in [0.15, 0.2) is 11.5 Å². The number of amides is 2. The maximum atomic E-state index is 13.7. The summed E-state index contributed by atoms with van der Waals surface area (Å²) in [6, 6.07) is 16.1. The van der Waals surface area contributed by atoms with E-state index in [-0.39, 0.29) is 37.8 Å². The average Bonchev–Trinajstić information content (AvgIpc) is 3.65. The van der Waals surface area contributed by atoms with E-state index < -0.39 is 0 Å². The van der Waals surface area contributed by atoms with Gasteiger partial charge in [-0.25, -0.2) is 0 Å². The van der Waals surface area contributed by atoms with Crippen LogP contribution in [0.2, 0.25) is 5.02 Å². The summed E-state index contributed by atoms with van der Waals surface area (Å²) in [5.41, 5.74) is 1.31. The third-order valence-electron chi connectivity index (χ3n) is 6.44. The molecule has 9 heteroatoms. The van der Waals surface area contributed by atoms with Crippen molar-refractivity contribution in [3.8, 4) is 11.5 Å². The lowest BCUT2D eigenvalue weighted by atomic mass is 10.1. The molecule has 0 aliphatic carbocycles. The van der Waals surface area contributed by atoms with E-state index in [1.165, 1.54) is 0 Å². The van der Waals surface area contributed by atoms with Gasteiger partial charge in [-0.05, 0) is 67.8 Å². The third-order valence-corrected chi connectivity index (χ3v) is 6.67. The first-order valence-corrected chi connectivity index (χ1v) is 12.7. The molecule has 1 aromatic heterocycles. The number of benzene rings is 2. The van der Waals surface area contributed by atoms with Crippen LogP contribution in [-0.2, 0) is 22.6 Å². The predicted octanol–water partition coefficient (Wildman–Crippen LogP) is 4.82. The van der Waals surface area contributed by atoms with Crippen LogP contribution < -0.4 is 9.47 Å². The number of nitrogens with zero attached hydrogens (tertiary/aromatic N) is 2. The molecule has 2 aliphatic heterocycles. The Morgan fingerprint density at radius 3 is 2.62 bits per heavy atom. The minimum absolute atomic E-state index is 0.102. The molecule has 1 unspecified atom stereocenters. The van der Waals surface area contributed by atoms with Gasteiger partial charge in [-0.2, -0.15) is 0 Å². The Balaban J connectivity index is 1.38. The number of furan rings is 1. The molecule has 3 aromatic rings. The van der Waals surface area contributed by atoms with Gasteiger partial charge < -0.3 is 28.4 Å². The zero-order valence-electron chi connectivity index (χ0n) is 20.7. The van der Waals surface area contributed by atoms with Crippen LogP contribution >= 0.6 is 11.6 Å². The van der Waals surface area contributed by atoms with Crippen molar-refractivity contribution in [1.82, 2.24) is 9.80 Å². The number of rotatable bonds is 9. The molecule has 3 heterocycles. The van der Waals surface area contributed by atoms with Gasteiger partial charge in [0.25, 0.3) is 5.91 Å². The zero-order valence-corrected chi connectivity index (χ0v) is 21.4. The van der Waals surface area contributed by atoms with Crippen LogP contribution in [-0.4, -0.2) is 54.2 Å². The Kier molecular flexibility index (Phi) is 7.67. The van der Waals surface area contributed by atoms with Crippen molar-refractivity contribution in [2.24, 2.45) is 0 Å². The van der Waals surface area contributed by atoms with Gasteiger partial charge in [0, 0.05) is 30.3 Å². The number of carbonyl (C=O) groups is 2. The molecule has 1 saturated heterocycles. The van der Waals surface area contributed by atoms with Crippen molar-refractivity contribution in [2.75, 3.05) is 26.5 Å². The van der Waals surface area contributed by atoms with Crippen LogP contribution in [0, 0.1) is 6.92 Å². The van der Waals surface area contributed by atoms with Crippen molar-refractivity contribution >= 4 is 23.4 Å². The average molecular weight is 525 g/mol. The highest BCUT2D eigenvalue weighted by molar-refractivity contribution is 6.31. The quantitative estimate of drug-likeness (QED) is 0.399. The van der Waals surface area contributed by atoms with E-state index in [0.29, 0.717) is 47.5 Å². The lowest BCUT2D eigenvalue weighted by Gasteiger charge is -2.29. The van der Waals surface area contributed by atoms with E-state index in [9.17, 15) is 9.59 Å². The van der Waals surface area contributed by atoms with Gasteiger partial charge in [0.2, 0.25) is 12.7 Å². The highest BCUT2D eigenvalue weighted by Gasteiger charge is 2.28. The lowest BCUT2D eigenvalue weighted by molar-refractivity contribution is -0.133. The van der Waals surface area contributed by atoms with Gasteiger partial charge in [-0.3, -0.25) is 9.59 Å². The van der Waals surface area contributed by atoms with Gasteiger partial charge in [0.05, 0.1) is 12.6 Å². The number of carbonyl (C=O) groups excluding carboxylic acids is 2. The Morgan fingerprint density at radius 1 is 1.00 bits per heavy atom. The maximum absolute atomic E-state index is 13.7. The molecular formula is C28H29ClN2O6. The molecule has 1 atom stereocenters. The minimum atomic E-state index is -0.261. The van der Waals surface area contributed by atoms with E-state index in [4.69, 9.17) is 30.2 Å². The normalized spacial score (nSPS) is 16.1. The molecule has 37 heavy (non-hydrogen) atoms. The first kappa shape index (κ1) is 25.2. The van der Waals surface area contributed by atoms with Crippen LogP contribution in [0.15, 0.2) is 59.0 Å². The number of ether oxygens (including phenoxy) is 3. The van der Waals surface area contributed by atoms with E-state index in [1.807, 2.05) is 37.3 Å².